The van der Waals surface area contributed by atoms with E-state index in [4.69, 9.17) is 4.74 Å². The first kappa shape index (κ1) is 16.3. The Morgan fingerprint density at radius 2 is 1.17 bits per heavy atom. The number of para-hydroxylation sites is 2. The molecule has 0 spiro atoms. The zero-order valence-electron chi connectivity index (χ0n) is 12.1. The van der Waals surface area contributed by atoms with Gasteiger partial charge in [0, 0.05) is 12.4 Å². The van der Waals surface area contributed by atoms with E-state index in [0.29, 0.717) is 0 Å². The van der Waals surface area contributed by atoms with E-state index in [1.165, 1.54) is 24.6 Å². The van der Waals surface area contributed by atoms with Crippen LogP contribution in [-0.4, -0.2) is 46.1 Å². The molecular weight excluding hydrogens is 300 g/mol. The van der Waals surface area contributed by atoms with E-state index in [2.05, 4.69) is 9.98 Å². The van der Waals surface area contributed by atoms with Crippen LogP contribution in [0.2, 0.25) is 0 Å². The zero-order chi connectivity index (χ0) is 16.7. The Balaban J connectivity index is 1.79. The van der Waals surface area contributed by atoms with Crippen molar-refractivity contribution >= 4 is 23.8 Å². The van der Waals surface area contributed by atoms with Gasteiger partial charge < -0.3 is 25.2 Å². The monoisotopic (exact) mass is 316 g/mol. The Bertz CT molecular complexity index is 667. The fourth-order valence-electron chi connectivity index (χ4n) is 1.69. The summed E-state index contributed by atoms with van der Waals surface area (Å²) in [5.74, 6) is -1.05. The van der Waals surface area contributed by atoms with Gasteiger partial charge in [0.2, 0.25) is 0 Å². The Morgan fingerprint density at radius 3 is 1.61 bits per heavy atom. The third-order valence-corrected chi connectivity index (χ3v) is 2.83. The largest absolute Gasteiger partial charge is 0.504 e. The van der Waals surface area contributed by atoms with E-state index < -0.39 is 0 Å². The maximum atomic E-state index is 9.54. The number of hydrogen-bond acceptors (Lipinski definition) is 7. The number of phenolic OH excluding ortho intramolecular Hbond substituents is 4. The summed E-state index contributed by atoms with van der Waals surface area (Å²) in [6, 6.07) is 8.96. The lowest BCUT2D eigenvalue weighted by molar-refractivity contribution is 0.220. The van der Waals surface area contributed by atoms with Crippen LogP contribution >= 0.6 is 0 Å². The molecule has 4 N–H and O–H groups in total. The molecule has 0 radical (unpaired) electrons. The van der Waals surface area contributed by atoms with Crippen LogP contribution in [0.3, 0.4) is 0 Å². The fourth-order valence-corrected chi connectivity index (χ4v) is 1.69. The van der Waals surface area contributed by atoms with E-state index in [1.807, 2.05) is 0 Å². The number of aliphatic imine (C=N–C) groups is 2. The van der Waals surface area contributed by atoms with Crippen molar-refractivity contribution in [1.29, 1.82) is 0 Å². The average Bonchev–Trinajstić information content (AvgIpc) is 2.54. The van der Waals surface area contributed by atoms with Crippen molar-refractivity contribution in [3.63, 3.8) is 0 Å². The van der Waals surface area contributed by atoms with Gasteiger partial charge in [0.05, 0.1) is 13.2 Å². The van der Waals surface area contributed by atoms with Crippen LogP contribution in [0.15, 0.2) is 46.4 Å². The molecule has 120 valence electrons. The number of rotatable bonds is 6. The molecule has 2 rings (SSSR count). The Hall–Kier alpha value is -3.06. The highest BCUT2D eigenvalue weighted by Gasteiger charge is 2.03. The lowest BCUT2D eigenvalue weighted by Gasteiger charge is -2.01. The molecule has 23 heavy (non-hydrogen) atoms. The summed E-state index contributed by atoms with van der Waals surface area (Å²) in [7, 11) is 0. The normalized spacial score (nSPS) is 11.5. The molecule has 0 aliphatic carbocycles. The van der Waals surface area contributed by atoms with Gasteiger partial charge >= 0.3 is 0 Å². The van der Waals surface area contributed by atoms with Crippen LogP contribution in [-0.2, 0) is 4.74 Å². The average molecular weight is 316 g/mol. The third-order valence-electron chi connectivity index (χ3n) is 2.83. The van der Waals surface area contributed by atoms with Gasteiger partial charge in [-0.15, -0.1) is 0 Å². The highest BCUT2D eigenvalue weighted by molar-refractivity contribution is 5.71. The Morgan fingerprint density at radius 1 is 0.739 bits per heavy atom. The van der Waals surface area contributed by atoms with Crippen LogP contribution in [0, 0.1) is 0 Å². The Kier molecular flexibility index (Phi) is 5.54. The fraction of sp³-hybridized carbons (Fsp3) is 0.125. The Labute approximate surface area is 132 Å². The number of phenols is 4. The summed E-state index contributed by atoms with van der Waals surface area (Å²) in [5.41, 5.74) is 0.485. The van der Waals surface area contributed by atoms with Crippen molar-refractivity contribution in [1.82, 2.24) is 0 Å². The third kappa shape index (κ3) is 4.45. The van der Waals surface area contributed by atoms with Crippen molar-refractivity contribution in [3.8, 4) is 23.0 Å². The van der Waals surface area contributed by atoms with Gasteiger partial charge in [0.15, 0.2) is 23.0 Å². The minimum Gasteiger partial charge on any atom is -0.504 e. The number of aromatic hydroxyl groups is 4. The van der Waals surface area contributed by atoms with E-state index in [-0.39, 0.29) is 47.6 Å². The van der Waals surface area contributed by atoms with Gasteiger partial charge in [-0.3, -0.25) is 9.98 Å². The van der Waals surface area contributed by atoms with Crippen molar-refractivity contribution < 1.29 is 25.2 Å². The quantitative estimate of drug-likeness (QED) is 0.371. The second kappa shape index (κ2) is 7.81. The highest BCUT2D eigenvalue weighted by Crippen LogP contribution is 2.35. The maximum absolute atomic E-state index is 9.54. The second-order valence-corrected chi connectivity index (χ2v) is 4.45. The molecule has 0 saturated carbocycles. The topological polar surface area (TPSA) is 115 Å². The first-order valence-corrected chi connectivity index (χ1v) is 6.74. The molecule has 0 amide bonds. The minimum atomic E-state index is -0.287. The van der Waals surface area contributed by atoms with Crippen LogP contribution in [0.5, 0.6) is 23.0 Å². The minimum absolute atomic E-state index is 0.174. The summed E-state index contributed by atoms with van der Waals surface area (Å²) in [5, 5.41) is 37.7. The standard InChI is InChI=1S/C16H16N2O5/c19-13-5-1-3-11(15(13)21)17-7-9-23-10-8-18-12-4-2-6-14(20)16(12)22/h1-8,19-22H,9-10H2. The van der Waals surface area contributed by atoms with Crippen LogP contribution < -0.4 is 0 Å². The van der Waals surface area contributed by atoms with Crippen molar-refractivity contribution in [2.75, 3.05) is 13.2 Å². The van der Waals surface area contributed by atoms with Crippen LogP contribution in [0.4, 0.5) is 11.4 Å². The first-order chi connectivity index (χ1) is 11.1. The van der Waals surface area contributed by atoms with Crippen LogP contribution in [0.1, 0.15) is 0 Å². The molecule has 0 unspecified atom stereocenters. The van der Waals surface area contributed by atoms with Crippen molar-refractivity contribution in [2.45, 2.75) is 0 Å². The van der Waals surface area contributed by atoms with Gasteiger partial charge in [-0.2, -0.15) is 0 Å². The van der Waals surface area contributed by atoms with E-state index in [1.54, 1.807) is 24.3 Å². The number of nitrogens with zero attached hydrogens (tertiary/aromatic N) is 2. The molecule has 0 heterocycles. The van der Waals surface area contributed by atoms with Crippen LogP contribution in [0.25, 0.3) is 0 Å². The molecule has 0 fully saturated rings. The number of benzene rings is 2. The molecule has 0 saturated heterocycles. The molecule has 0 aromatic heterocycles. The summed E-state index contributed by atoms with van der Waals surface area (Å²) in [4.78, 5) is 7.94. The molecule has 0 aliphatic heterocycles. The second-order valence-electron chi connectivity index (χ2n) is 4.45. The van der Waals surface area contributed by atoms with Gasteiger partial charge in [0.1, 0.15) is 11.4 Å². The van der Waals surface area contributed by atoms with E-state index in [0.717, 1.165) is 0 Å². The molecule has 2 aromatic carbocycles. The SMILES string of the molecule is Oc1cccc(N=CCOCC=Nc2cccc(O)c2O)c1O. The molecule has 2 aromatic rings. The van der Waals surface area contributed by atoms with Gasteiger partial charge in [-0.05, 0) is 24.3 Å². The predicted octanol–water partition coefficient (Wildman–Crippen LogP) is 2.63. The smallest absolute Gasteiger partial charge is 0.183 e. The van der Waals surface area contributed by atoms with Gasteiger partial charge in [-0.1, -0.05) is 12.1 Å². The summed E-state index contributed by atoms with van der Waals surface area (Å²) < 4.78 is 5.23. The van der Waals surface area contributed by atoms with Gasteiger partial charge in [0.25, 0.3) is 0 Å². The molecule has 0 bridgehead atoms. The molecule has 7 heteroatoms. The number of ether oxygens (including phenoxy) is 1. The number of hydrogen-bond donors (Lipinski definition) is 4. The molecule has 0 atom stereocenters. The molecule has 0 aliphatic rings. The maximum Gasteiger partial charge on any atom is 0.183 e. The molecular formula is C16H16N2O5. The summed E-state index contributed by atoms with van der Waals surface area (Å²) >= 11 is 0. The predicted molar refractivity (Wildman–Crippen MR) is 86.7 cm³/mol. The first-order valence-electron chi connectivity index (χ1n) is 6.74. The van der Waals surface area contributed by atoms with E-state index >= 15 is 0 Å². The molecule has 7 nitrogen and oxygen atoms in total. The zero-order valence-corrected chi connectivity index (χ0v) is 12.1. The van der Waals surface area contributed by atoms with E-state index in [9.17, 15) is 20.4 Å². The lowest BCUT2D eigenvalue weighted by Crippen LogP contribution is -1.98. The van der Waals surface area contributed by atoms with Gasteiger partial charge in [-0.25, -0.2) is 0 Å². The highest BCUT2D eigenvalue weighted by atomic mass is 16.5. The van der Waals surface area contributed by atoms with Crippen molar-refractivity contribution in [3.05, 3.63) is 36.4 Å². The summed E-state index contributed by atoms with van der Waals surface area (Å²) in [6.07, 6.45) is 2.88. The summed E-state index contributed by atoms with van der Waals surface area (Å²) in [6.45, 7) is 0.347. The van der Waals surface area contributed by atoms with Crippen molar-refractivity contribution in [2.24, 2.45) is 9.98 Å². The lowest BCUT2D eigenvalue weighted by atomic mass is 10.3.